The number of carbonyl (C=O) groups is 3. The SMILES string of the molecule is CCNCCCNC(=O)N[C@H](CC(N)=O)C(=O)O. The Kier molecular flexibility index (Phi) is 8.29. The number of carboxylic acid groups (broad SMARTS) is 1. The summed E-state index contributed by atoms with van der Waals surface area (Å²) in [6.07, 6.45) is 0.301. The highest BCUT2D eigenvalue weighted by atomic mass is 16.4. The molecule has 0 spiro atoms. The molecule has 0 aromatic heterocycles. The first-order chi connectivity index (χ1) is 8.47. The first kappa shape index (κ1) is 16.2. The van der Waals surface area contributed by atoms with E-state index in [0.29, 0.717) is 6.54 Å². The number of urea groups is 1. The lowest BCUT2D eigenvalue weighted by Gasteiger charge is -2.13. The van der Waals surface area contributed by atoms with E-state index in [0.717, 1.165) is 19.5 Å². The number of carboxylic acids is 1. The fourth-order valence-corrected chi connectivity index (χ4v) is 1.20. The summed E-state index contributed by atoms with van der Waals surface area (Å²) in [4.78, 5) is 32.6. The standard InChI is InChI=1S/C10H20N4O4/c1-2-12-4-3-5-13-10(18)14-7(9(16)17)6-8(11)15/h7,12H,2-6H2,1H3,(H2,11,15)(H,16,17)(H2,13,14,18)/t7-/m1/s1. The normalized spacial score (nSPS) is 11.6. The van der Waals surface area contributed by atoms with Crippen LogP contribution in [0.25, 0.3) is 0 Å². The fourth-order valence-electron chi connectivity index (χ4n) is 1.20. The highest BCUT2D eigenvalue weighted by molar-refractivity contribution is 5.87. The van der Waals surface area contributed by atoms with Gasteiger partial charge in [0.15, 0.2) is 0 Å². The second-order valence-electron chi connectivity index (χ2n) is 3.67. The van der Waals surface area contributed by atoms with Crippen molar-refractivity contribution in [2.75, 3.05) is 19.6 Å². The van der Waals surface area contributed by atoms with E-state index in [1.807, 2.05) is 6.92 Å². The van der Waals surface area contributed by atoms with Gasteiger partial charge in [0.1, 0.15) is 6.04 Å². The summed E-state index contributed by atoms with van der Waals surface area (Å²) in [6.45, 7) is 4.01. The van der Waals surface area contributed by atoms with Gasteiger partial charge in [0.05, 0.1) is 6.42 Å². The first-order valence-electron chi connectivity index (χ1n) is 5.73. The van der Waals surface area contributed by atoms with Gasteiger partial charge in [0.2, 0.25) is 5.91 Å². The van der Waals surface area contributed by atoms with E-state index in [-0.39, 0.29) is 0 Å². The number of hydrogen-bond donors (Lipinski definition) is 5. The average Bonchev–Trinajstić information content (AvgIpc) is 2.27. The summed E-state index contributed by atoms with van der Waals surface area (Å²) in [5.74, 6) is -2.08. The van der Waals surface area contributed by atoms with Gasteiger partial charge >= 0.3 is 12.0 Å². The molecule has 0 heterocycles. The van der Waals surface area contributed by atoms with Gasteiger partial charge in [0, 0.05) is 6.54 Å². The molecule has 0 saturated carbocycles. The Labute approximate surface area is 105 Å². The molecule has 0 bridgehead atoms. The van der Waals surface area contributed by atoms with E-state index in [2.05, 4.69) is 16.0 Å². The van der Waals surface area contributed by atoms with Gasteiger partial charge in [-0.3, -0.25) is 4.79 Å². The van der Waals surface area contributed by atoms with Crippen LogP contribution in [0.15, 0.2) is 0 Å². The quantitative estimate of drug-likeness (QED) is 0.326. The zero-order chi connectivity index (χ0) is 14.0. The molecule has 0 radical (unpaired) electrons. The molecule has 8 heteroatoms. The molecule has 8 nitrogen and oxygen atoms in total. The summed E-state index contributed by atoms with van der Waals surface area (Å²) < 4.78 is 0. The van der Waals surface area contributed by atoms with Crippen molar-refractivity contribution in [1.29, 1.82) is 0 Å². The molecule has 3 amide bonds. The van der Waals surface area contributed by atoms with E-state index < -0.39 is 30.4 Å². The van der Waals surface area contributed by atoms with E-state index >= 15 is 0 Å². The molecule has 0 aliphatic carbocycles. The van der Waals surface area contributed by atoms with Crippen LogP contribution in [0.5, 0.6) is 0 Å². The third-order valence-electron chi connectivity index (χ3n) is 2.07. The number of rotatable bonds is 9. The van der Waals surface area contributed by atoms with Crippen molar-refractivity contribution in [3.05, 3.63) is 0 Å². The minimum atomic E-state index is -1.30. The van der Waals surface area contributed by atoms with Crippen molar-refractivity contribution in [1.82, 2.24) is 16.0 Å². The van der Waals surface area contributed by atoms with Gasteiger partial charge in [-0.25, -0.2) is 9.59 Å². The van der Waals surface area contributed by atoms with E-state index in [4.69, 9.17) is 10.8 Å². The van der Waals surface area contributed by atoms with Crippen LogP contribution in [0, 0.1) is 0 Å². The Bertz CT molecular complexity index is 296. The lowest BCUT2D eigenvalue weighted by atomic mass is 10.2. The molecule has 0 unspecified atom stereocenters. The summed E-state index contributed by atoms with van der Waals surface area (Å²) >= 11 is 0. The zero-order valence-corrected chi connectivity index (χ0v) is 10.4. The van der Waals surface area contributed by atoms with Crippen LogP contribution in [0.2, 0.25) is 0 Å². The molecular formula is C10H20N4O4. The Balaban J connectivity index is 3.88. The predicted octanol–water partition coefficient (Wildman–Crippen LogP) is -1.39. The number of primary amides is 1. The van der Waals surface area contributed by atoms with Crippen molar-refractivity contribution in [2.24, 2.45) is 5.73 Å². The maximum absolute atomic E-state index is 11.3. The molecule has 18 heavy (non-hydrogen) atoms. The van der Waals surface area contributed by atoms with Crippen molar-refractivity contribution in [3.8, 4) is 0 Å². The molecule has 0 aliphatic rings. The smallest absolute Gasteiger partial charge is 0.326 e. The molecule has 0 rings (SSSR count). The largest absolute Gasteiger partial charge is 0.480 e. The molecule has 0 aromatic carbocycles. The number of amides is 3. The molecule has 0 aromatic rings. The number of aliphatic carboxylic acids is 1. The molecule has 0 saturated heterocycles. The highest BCUT2D eigenvalue weighted by Crippen LogP contribution is 1.91. The van der Waals surface area contributed by atoms with Crippen molar-refractivity contribution < 1.29 is 19.5 Å². The first-order valence-corrected chi connectivity index (χ1v) is 5.73. The summed E-state index contributed by atoms with van der Waals surface area (Å²) in [5.41, 5.74) is 4.88. The summed E-state index contributed by atoms with van der Waals surface area (Å²) in [6, 6.07) is -1.92. The number of nitrogens with one attached hydrogen (secondary N) is 3. The lowest BCUT2D eigenvalue weighted by molar-refractivity contribution is -0.140. The van der Waals surface area contributed by atoms with Crippen LogP contribution >= 0.6 is 0 Å². The van der Waals surface area contributed by atoms with Crippen molar-refractivity contribution in [2.45, 2.75) is 25.8 Å². The zero-order valence-electron chi connectivity index (χ0n) is 10.4. The van der Waals surface area contributed by atoms with Crippen LogP contribution in [-0.2, 0) is 9.59 Å². The van der Waals surface area contributed by atoms with Gasteiger partial charge in [-0.05, 0) is 19.5 Å². The van der Waals surface area contributed by atoms with Crippen molar-refractivity contribution in [3.63, 3.8) is 0 Å². The number of nitrogens with two attached hydrogens (primary N) is 1. The highest BCUT2D eigenvalue weighted by Gasteiger charge is 2.21. The predicted molar refractivity (Wildman–Crippen MR) is 64.9 cm³/mol. The maximum atomic E-state index is 11.3. The lowest BCUT2D eigenvalue weighted by Crippen LogP contribution is -2.48. The van der Waals surface area contributed by atoms with E-state index in [9.17, 15) is 14.4 Å². The monoisotopic (exact) mass is 260 g/mol. The van der Waals surface area contributed by atoms with Gasteiger partial charge in [0.25, 0.3) is 0 Å². The Morgan fingerprint density at radius 2 is 1.94 bits per heavy atom. The van der Waals surface area contributed by atoms with Gasteiger partial charge in [-0.2, -0.15) is 0 Å². The Morgan fingerprint density at radius 1 is 1.28 bits per heavy atom. The number of carbonyl (C=O) groups excluding carboxylic acids is 2. The van der Waals surface area contributed by atoms with Gasteiger partial charge in [-0.1, -0.05) is 6.92 Å². The van der Waals surface area contributed by atoms with Gasteiger partial charge < -0.3 is 26.8 Å². The average molecular weight is 260 g/mol. The molecular weight excluding hydrogens is 240 g/mol. The van der Waals surface area contributed by atoms with Crippen LogP contribution < -0.4 is 21.7 Å². The number of hydrogen-bond acceptors (Lipinski definition) is 4. The molecule has 0 fully saturated rings. The maximum Gasteiger partial charge on any atom is 0.326 e. The van der Waals surface area contributed by atoms with Crippen LogP contribution in [0.3, 0.4) is 0 Å². The summed E-state index contributed by atoms with van der Waals surface area (Å²) in [7, 11) is 0. The summed E-state index contributed by atoms with van der Waals surface area (Å²) in [5, 5.41) is 16.5. The van der Waals surface area contributed by atoms with Crippen molar-refractivity contribution >= 4 is 17.9 Å². The Hall–Kier alpha value is -1.83. The third kappa shape index (κ3) is 8.34. The molecule has 0 aliphatic heterocycles. The fraction of sp³-hybridized carbons (Fsp3) is 0.700. The third-order valence-corrected chi connectivity index (χ3v) is 2.07. The van der Waals surface area contributed by atoms with Crippen LogP contribution in [0.1, 0.15) is 19.8 Å². The second-order valence-corrected chi connectivity index (χ2v) is 3.67. The molecule has 104 valence electrons. The van der Waals surface area contributed by atoms with Crippen LogP contribution in [-0.4, -0.2) is 48.7 Å². The minimum absolute atomic E-state index is 0.418. The Morgan fingerprint density at radius 3 is 2.44 bits per heavy atom. The van der Waals surface area contributed by atoms with Crippen LogP contribution in [0.4, 0.5) is 4.79 Å². The van der Waals surface area contributed by atoms with E-state index in [1.54, 1.807) is 0 Å². The molecule has 6 N–H and O–H groups in total. The van der Waals surface area contributed by atoms with Gasteiger partial charge in [-0.15, -0.1) is 0 Å². The topological polar surface area (TPSA) is 134 Å². The van der Waals surface area contributed by atoms with E-state index in [1.165, 1.54) is 0 Å². The second kappa shape index (κ2) is 9.23. The molecule has 1 atom stereocenters. The minimum Gasteiger partial charge on any atom is -0.480 e.